The maximum Gasteiger partial charge on any atom is 0.203 e. The van der Waals surface area contributed by atoms with Gasteiger partial charge in [0, 0.05) is 51.3 Å². The molecule has 170 valence electrons. The van der Waals surface area contributed by atoms with Crippen LogP contribution in [0.15, 0.2) is 54.7 Å². The largest absolute Gasteiger partial charge is 0.493 e. The summed E-state index contributed by atoms with van der Waals surface area (Å²) in [6.07, 6.45) is 3.27. The molecule has 0 fully saturated rings. The number of aryl methyl sites for hydroxylation is 1. The predicted molar refractivity (Wildman–Crippen MR) is 128 cm³/mol. The van der Waals surface area contributed by atoms with Crippen LogP contribution in [0.2, 0.25) is 0 Å². The molecule has 2 heterocycles. The van der Waals surface area contributed by atoms with E-state index in [4.69, 9.17) is 14.2 Å². The Balaban J connectivity index is 1.76. The van der Waals surface area contributed by atoms with Crippen molar-refractivity contribution in [1.29, 1.82) is 0 Å². The van der Waals surface area contributed by atoms with E-state index in [1.165, 1.54) is 16.9 Å². The average Bonchev–Trinajstić information content (AvgIpc) is 3.19. The summed E-state index contributed by atoms with van der Waals surface area (Å²) >= 11 is 0. The van der Waals surface area contributed by atoms with Gasteiger partial charge in [-0.25, -0.2) is 0 Å². The van der Waals surface area contributed by atoms with Crippen molar-refractivity contribution >= 4 is 5.69 Å². The second kappa shape index (κ2) is 9.57. The van der Waals surface area contributed by atoms with Crippen LogP contribution in [0.1, 0.15) is 29.3 Å². The van der Waals surface area contributed by atoms with E-state index in [9.17, 15) is 0 Å². The average molecular weight is 436 g/mol. The first-order valence-electron chi connectivity index (χ1n) is 11.0. The Morgan fingerprint density at radius 3 is 2.19 bits per heavy atom. The van der Waals surface area contributed by atoms with Gasteiger partial charge in [-0.05, 0) is 53.9 Å². The topological polar surface area (TPSA) is 39.1 Å². The summed E-state index contributed by atoms with van der Waals surface area (Å²) in [5.41, 5.74) is 4.92. The van der Waals surface area contributed by atoms with Gasteiger partial charge in [-0.2, -0.15) is 0 Å². The number of benzene rings is 2. The third-order valence-electron chi connectivity index (χ3n) is 6.20. The van der Waals surface area contributed by atoms with E-state index in [0.29, 0.717) is 17.2 Å². The zero-order chi connectivity index (χ0) is 22.7. The molecule has 0 radical (unpaired) electrons. The van der Waals surface area contributed by atoms with Crippen molar-refractivity contribution in [1.82, 2.24) is 9.47 Å². The number of ether oxygens (including phenoxy) is 3. The molecule has 0 saturated carbocycles. The summed E-state index contributed by atoms with van der Waals surface area (Å²) in [6.45, 7) is 2.87. The number of hydrogen-bond acceptors (Lipinski definition) is 5. The number of aromatic nitrogens is 1. The number of nitrogens with zero attached hydrogens (tertiary/aromatic N) is 3. The molecular weight excluding hydrogens is 402 g/mol. The zero-order valence-electron chi connectivity index (χ0n) is 19.7. The van der Waals surface area contributed by atoms with Gasteiger partial charge in [0.15, 0.2) is 11.5 Å². The molecule has 0 aliphatic carbocycles. The molecule has 1 atom stereocenters. The van der Waals surface area contributed by atoms with Gasteiger partial charge in [-0.3, -0.25) is 4.90 Å². The lowest BCUT2D eigenvalue weighted by Gasteiger charge is -2.31. The monoisotopic (exact) mass is 435 g/mol. The van der Waals surface area contributed by atoms with Gasteiger partial charge in [-0.1, -0.05) is 12.1 Å². The van der Waals surface area contributed by atoms with Crippen molar-refractivity contribution in [3.8, 4) is 17.2 Å². The van der Waals surface area contributed by atoms with Crippen molar-refractivity contribution in [2.45, 2.75) is 25.6 Å². The SMILES string of the molecule is COc1cc([C@@H]2c3cccn3CCCN2Cc2ccc(N(C)C)cc2)cc(OC)c1OC. The Hall–Kier alpha value is -3.12. The van der Waals surface area contributed by atoms with Crippen LogP contribution >= 0.6 is 0 Å². The molecule has 0 bridgehead atoms. The maximum atomic E-state index is 5.67. The van der Waals surface area contributed by atoms with Gasteiger partial charge in [-0.15, -0.1) is 0 Å². The normalized spacial score (nSPS) is 16.2. The molecule has 0 unspecified atom stereocenters. The van der Waals surface area contributed by atoms with Crippen molar-refractivity contribution < 1.29 is 14.2 Å². The van der Waals surface area contributed by atoms with E-state index in [-0.39, 0.29) is 6.04 Å². The fourth-order valence-electron chi connectivity index (χ4n) is 4.58. The highest BCUT2D eigenvalue weighted by Gasteiger charge is 2.29. The van der Waals surface area contributed by atoms with Crippen LogP contribution in [0.3, 0.4) is 0 Å². The molecule has 2 aromatic carbocycles. The second-order valence-electron chi connectivity index (χ2n) is 8.37. The predicted octanol–water partition coefficient (Wildman–Crippen LogP) is 4.58. The highest BCUT2D eigenvalue weighted by molar-refractivity contribution is 5.55. The summed E-state index contributed by atoms with van der Waals surface area (Å²) < 4.78 is 19.3. The van der Waals surface area contributed by atoms with Crippen molar-refractivity contribution in [3.05, 3.63) is 71.5 Å². The number of hydrogen-bond donors (Lipinski definition) is 0. The number of methoxy groups -OCH3 is 3. The Morgan fingerprint density at radius 1 is 0.906 bits per heavy atom. The van der Waals surface area contributed by atoms with Crippen molar-refractivity contribution in [2.75, 3.05) is 46.9 Å². The molecule has 0 amide bonds. The number of anilines is 1. The number of fused-ring (bicyclic) bond motifs is 1. The van der Waals surface area contributed by atoms with Crippen LogP contribution in [0.25, 0.3) is 0 Å². The minimum atomic E-state index is 0.0785. The molecule has 0 N–H and O–H groups in total. The lowest BCUT2D eigenvalue weighted by Crippen LogP contribution is -2.29. The molecular formula is C26H33N3O3. The minimum absolute atomic E-state index is 0.0785. The fourth-order valence-corrected chi connectivity index (χ4v) is 4.58. The van der Waals surface area contributed by atoms with E-state index in [2.05, 4.69) is 83.2 Å². The first-order valence-corrected chi connectivity index (χ1v) is 11.0. The van der Waals surface area contributed by atoms with Crippen LogP contribution in [-0.2, 0) is 13.1 Å². The van der Waals surface area contributed by atoms with Crippen LogP contribution < -0.4 is 19.1 Å². The summed E-state index contributed by atoms with van der Waals surface area (Å²) in [5, 5.41) is 0. The lowest BCUT2D eigenvalue weighted by molar-refractivity contribution is 0.219. The van der Waals surface area contributed by atoms with Crippen molar-refractivity contribution in [3.63, 3.8) is 0 Å². The van der Waals surface area contributed by atoms with Gasteiger partial charge in [0.05, 0.1) is 27.4 Å². The molecule has 4 rings (SSSR count). The molecule has 0 spiro atoms. The third-order valence-corrected chi connectivity index (χ3v) is 6.20. The van der Waals surface area contributed by atoms with E-state index < -0.39 is 0 Å². The molecule has 32 heavy (non-hydrogen) atoms. The second-order valence-corrected chi connectivity index (χ2v) is 8.37. The quantitative estimate of drug-likeness (QED) is 0.543. The van der Waals surface area contributed by atoms with E-state index in [0.717, 1.165) is 31.6 Å². The van der Waals surface area contributed by atoms with Crippen LogP contribution in [0.4, 0.5) is 5.69 Å². The van der Waals surface area contributed by atoms with E-state index >= 15 is 0 Å². The summed E-state index contributed by atoms with van der Waals surface area (Å²) in [7, 11) is 9.11. The van der Waals surface area contributed by atoms with E-state index in [1.54, 1.807) is 21.3 Å². The van der Waals surface area contributed by atoms with Crippen LogP contribution in [0.5, 0.6) is 17.2 Å². The molecule has 6 nitrogen and oxygen atoms in total. The fraction of sp³-hybridized carbons (Fsp3) is 0.385. The zero-order valence-corrected chi connectivity index (χ0v) is 19.7. The molecule has 1 aromatic heterocycles. The number of rotatable bonds is 7. The van der Waals surface area contributed by atoms with Gasteiger partial charge >= 0.3 is 0 Å². The minimum Gasteiger partial charge on any atom is -0.493 e. The standard InChI is InChI=1S/C26H33N3O3/c1-27(2)21-11-9-19(10-12-21)18-29-15-7-14-28-13-6-8-22(28)25(29)20-16-23(30-3)26(32-5)24(17-20)31-4/h6,8-13,16-17,25H,7,14-15,18H2,1-5H3/t25-/m1/s1. The smallest absolute Gasteiger partial charge is 0.203 e. The Bertz CT molecular complexity index is 1020. The lowest BCUT2D eigenvalue weighted by atomic mass is 9.99. The van der Waals surface area contributed by atoms with Gasteiger partial charge in [0.2, 0.25) is 5.75 Å². The Morgan fingerprint density at radius 2 is 1.59 bits per heavy atom. The summed E-state index contributed by atoms with van der Waals surface area (Å²) in [4.78, 5) is 4.67. The first-order chi connectivity index (χ1) is 15.5. The first kappa shape index (κ1) is 22.1. The van der Waals surface area contributed by atoms with Crippen molar-refractivity contribution in [2.24, 2.45) is 0 Å². The molecule has 6 heteroatoms. The third kappa shape index (κ3) is 4.28. The molecule has 0 saturated heterocycles. The Kier molecular flexibility index (Phi) is 6.61. The van der Waals surface area contributed by atoms with Gasteiger partial charge in [0.1, 0.15) is 0 Å². The van der Waals surface area contributed by atoms with Crippen LogP contribution in [-0.4, -0.2) is 51.4 Å². The maximum absolute atomic E-state index is 5.67. The van der Waals surface area contributed by atoms with Gasteiger partial charge in [0.25, 0.3) is 0 Å². The van der Waals surface area contributed by atoms with Crippen LogP contribution in [0, 0.1) is 0 Å². The highest BCUT2D eigenvalue weighted by atomic mass is 16.5. The van der Waals surface area contributed by atoms with E-state index in [1.807, 2.05) is 0 Å². The summed E-state index contributed by atoms with van der Waals surface area (Å²) in [6, 6.07) is 17.4. The highest BCUT2D eigenvalue weighted by Crippen LogP contribution is 2.43. The van der Waals surface area contributed by atoms with Gasteiger partial charge < -0.3 is 23.7 Å². The molecule has 3 aromatic rings. The Labute approximate surface area is 190 Å². The molecule has 1 aliphatic rings. The molecule has 1 aliphatic heterocycles. The summed E-state index contributed by atoms with van der Waals surface area (Å²) in [5.74, 6) is 1.98.